The van der Waals surface area contributed by atoms with Gasteiger partial charge < -0.3 is 10.1 Å². The fourth-order valence-electron chi connectivity index (χ4n) is 3.42. The fourth-order valence-corrected chi connectivity index (χ4v) is 3.42. The molecule has 3 rings (SSSR count). The molecule has 1 aromatic carbocycles. The first-order valence-electron chi connectivity index (χ1n) is 9.63. The molecule has 0 saturated carbocycles. The molecule has 0 unspecified atom stereocenters. The van der Waals surface area contributed by atoms with Crippen molar-refractivity contribution in [1.29, 1.82) is 0 Å². The second kappa shape index (κ2) is 8.82. The number of ether oxygens (including phenoxy) is 1. The Morgan fingerprint density at radius 1 is 1.14 bits per heavy atom. The Bertz CT molecular complexity index is 901. The van der Waals surface area contributed by atoms with Crippen molar-refractivity contribution >= 4 is 23.5 Å². The van der Waals surface area contributed by atoms with Crippen molar-refractivity contribution in [2.45, 2.75) is 45.4 Å². The fraction of sp³-hybridized carbons (Fsp3) is 0.429. The quantitative estimate of drug-likeness (QED) is 0.586. The van der Waals surface area contributed by atoms with Crippen LogP contribution >= 0.6 is 0 Å². The van der Waals surface area contributed by atoms with Crippen molar-refractivity contribution in [2.24, 2.45) is 7.05 Å². The summed E-state index contributed by atoms with van der Waals surface area (Å²) in [7, 11) is 1.62. The number of fused-ring (bicyclic) bond motifs is 1. The summed E-state index contributed by atoms with van der Waals surface area (Å²) in [4.78, 5) is 36.7. The Kier molecular flexibility index (Phi) is 6.23. The third kappa shape index (κ3) is 4.47. The number of hydrogen-bond donors (Lipinski definition) is 1. The maximum atomic E-state index is 12.5. The molecule has 1 N–H and O–H groups in total. The van der Waals surface area contributed by atoms with Crippen LogP contribution in [0.5, 0.6) is 0 Å². The van der Waals surface area contributed by atoms with Gasteiger partial charge in [-0.1, -0.05) is 12.1 Å². The summed E-state index contributed by atoms with van der Waals surface area (Å²) in [6.45, 7) is 1.94. The zero-order valence-corrected chi connectivity index (χ0v) is 16.3. The van der Waals surface area contributed by atoms with E-state index in [0.717, 1.165) is 19.3 Å². The number of nitrogens with one attached hydrogen (secondary N) is 1. The monoisotopic (exact) mass is 383 g/mol. The van der Waals surface area contributed by atoms with E-state index in [1.807, 2.05) is 18.2 Å². The van der Waals surface area contributed by atoms with E-state index in [0.29, 0.717) is 5.56 Å². The second-order valence-corrected chi connectivity index (χ2v) is 6.91. The van der Waals surface area contributed by atoms with Gasteiger partial charge >= 0.3 is 5.97 Å². The SMILES string of the molecule is CCOC(=O)c1cnn(C)c1NC(=O)CCC(=O)c1ccc2c(c1)CCCC2. The molecule has 0 atom stereocenters. The standard InChI is InChI=1S/C21H25N3O4/c1-3-28-21(27)17-13-22-24(2)20(17)23-19(26)11-10-18(25)16-9-8-14-6-4-5-7-15(14)12-16/h8-9,12-13H,3-7,10-11H2,1-2H3,(H,23,26). The third-order valence-electron chi connectivity index (χ3n) is 4.94. The minimum Gasteiger partial charge on any atom is -0.462 e. The van der Waals surface area contributed by atoms with Crippen LogP contribution in [0.25, 0.3) is 0 Å². The van der Waals surface area contributed by atoms with E-state index in [-0.39, 0.29) is 42.5 Å². The molecule has 0 aliphatic heterocycles. The van der Waals surface area contributed by atoms with Crippen LogP contribution < -0.4 is 5.32 Å². The predicted molar refractivity (Wildman–Crippen MR) is 104 cm³/mol. The molecule has 2 aromatic rings. The van der Waals surface area contributed by atoms with Gasteiger partial charge in [0.1, 0.15) is 11.4 Å². The van der Waals surface area contributed by atoms with Gasteiger partial charge in [0.15, 0.2) is 5.78 Å². The highest BCUT2D eigenvalue weighted by molar-refractivity contribution is 6.02. The summed E-state index contributed by atoms with van der Waals surface area (Å²) < 4.78 is 6.37. The number of benzene rings is 1. The van der Waals surface area contributed by atoms with E-state index >= 15 is 0 Å². The normalized spacial score (nSPS) is 12.9. The van der Waals surface area contributed by atoms with Gasteiger partial charge in [-0.25, -0.2) is 4.79 Å². The van der Waals surface area contributed by atoms with Crippen LogP contribution in [0.3, 0.4) is 0 Å². The molecule has 0 spiro atoms. The molecule has 1 aliphatic rings. The number of carbonyl (C=O) groups excluding carboxylic acids is 3. The zero-order chi connectivity index (χ0) is 20.1. The van der Waals surface area contributed by atoms with Crippen LogP contribution in [-0.4, -0.2) is 34.0 Å². The molecule has 1 aromatic heterocycles. The summed E-state index contributed by atoms with van der Waals surface area (Å²) in [5, 5.41) is 6.65. The molecule has 1 aliphatic carbocycles. The molecule has 0 radical (unpaired) electrons. The van der Waals surface area contributed by atoms with Crippen LogP contribution in [0.4, 0.5) is 5.82 Å². The number of nitrogens with zero attached hydrogens (tertiary/aromatic N) is 2. The number of esters is 1. The molecule has 7 heteroatoms. The summed E-state index contributed by atoms with van der Waals surface area (Å²) in [6, 6.07) is 5.85. The highest BCUT2D eigenvalue weighted by atomic mass is 16.5. The summed E-state index contributed by atoms with van der Waals surface area (Å²) in [5.41, 5.74) is 3.42. The summed E-state index contributed by atoms with van der Waals surface area (Å²) >= 11 is 0. The predicted octanol–water partition coefficient (Wildman–Crippen LogP) is 3.08. The average molecular weight is 383 g/mol. The zero-order valence-electron chi connectivity index (χ0n) is 16.3. The van der Waals surface area contributed by atoms with Gasteiger partial charge in [0.2, 0.25) is 5.91 Å². The van der Waals surface area contributed by atoms with Crippen molar-refractivity contribution in [3.8, 4) is 0 Å². The largest absolute Gasteiger partial charge is 0.462 e. The first-order valence-corrected chi connectivity index (χ1v) is 9.63. The van der Waals surface area contributed by atoms with Gasteiger partial charge in [-0.3, -0.25) is 14.3 Å². The number of hydrogen-bond acceptors (Lipinski definition) is 5. The Morgan fingerprint density at radius 2 is 1.89 bits per heavy atom. The van der Waals surface area contributed by atoms with Crippen molar-refractivity contribution in [1.82, 2.24) is 9.78 Å². The highest BCUT2D eigenvalue weighted by Gasteiger charge is 2.20. The van der Waals surface area contributed by atoms with Crippen LogP contribution in [0.2, 0.25) is 0 Å². The van der Waals surface area contributed by atoms with Crippen molar-refractivity contribution in [3.05, 3.63) is 46.6 Å². The molecule has 1 amide bonds. The molecule has 148 valence electrons. The van der Waals surface area contributed by atoms with Gasteiger partial charge in [-0.05, 0) is 49.8 Å². The molecule has 0 fully saturated rings. The van der Waals surface area contributed by atoms with Crippen LogP contribution in [-0.2, 0) is 29.4 Å². The highest BCUT2D eigenvalue weighted by Crippen LogP contribution is 2.23. The lowest BCUT2D eigenvalue weighted by molar-refractivity contribution is -0.116. The molecule has 28 heavy (non-hydrogen) atoms. The van der Waals surface area contributed by atoms with E-state index < -0.39 is 5.97 Å². The maximum Gasteiger partial charge on any atom is 0.343 e. The number of rotatable bonds is 7. The summed E-state index contributed by atoms with van der Waals surface area (Å²) in [5.74, 6) is -0.680. The van der Waals surface area contributed by atoms with Crippen LogP contribution in [0.15, 0.2) is 24.4 Å². The van der Waals surface area contributed by atoms with E-state index in [2.05, 4.69) is 10.4 Å². The van der Waals surface area contributed by atoms with Gasteiger partial charge in [0, 0.05) is 25.5 Å². The van der Waals surface area contributed by atoms with Crippen LogP contribution in [0, 0.1) is 0 Å². The lowest BCUT2D eigenvalue weighted by Crippen LogP contribution is -2.18. The molecule has 1 heterocycles. The van der Waals surface area contributed by atoms with E-state index in [1.165, 1.54) is 28.4 Å². The second-order valence-electron chi connectivity index (χ2n) is 6.91. The number of Topliss-reactive ketones (excluding diaryl/α,β-unsaturated/α-hetero) is 1. The molecule has 7 nitrogen and oxygen atoms in total. The van der Waals surface area contributed by atoms with E-state index in [1.54, 1.807) is 14.0 Å². The number of ketones is 1. The maximum absolute atomic E-state index is 12.5. The van der Waals surface area contributed by atoms with Gasteiger partial charge in [-0.15, -0.1) is 0 Å². The number of carbonyl (C=O) groups is 3. The van der Waals surface area contributed by atoms with Gasteiger partial charge in [0.25, 0.3) is 0 Å². The van der Waals surface area contributed by atoms with Crippen LogP contribution in [0.1, 0.15) is 64.4 Å². The topological polar surface area (TPSA) is 90.3 Å². The smallest absolute Gasteiger partial charge is 0.343 e. The van der Waals surface area contributed by atoms with E-state index in [9.17, 15) is 14.4 Å². The van der Waals surface area contributed by atoms with Crippen molar-refractivity contribution < 1.29 is 19.1 Å². The number of aromatic nitrogens is 2. The lowest BCUT2D eigenvalue weighted by Gasteiger charge is -2.16. The number of amides is 1. The van der Waals surface area contributed by atoms with Gasteiger partial charge in [0.05, 0.1) is 12.8 Å². The average Bonchev–Trinajstić information content (AvgIpc) is 3.06. The summed E-state index contributed by atoms with van der Waals surface area (Å²) in [6.07, 6.45) is 5.92. The molecule has 0 saturated heterocycles. The van der Waals surface area contributed by atoms with Crippen molar-refractivity contribution in [2.75, 3.05) is 11.9 Å². The molecular formula is C21H25N3O4. The Balaban J connectivity index is 1.60. The number of anilines is 1. The van der Waals surface area contributed by atoms with Gasteiger partial charge in [-0.2, -0.15) is 5.10 Å². The van der Waals surface area contributed by atoms with E-state index in [4.69, 9.17) is 4.74 Å². The minimum atomic E-state index is -0.545. The first kappa shape index (κ1) is 19.8. The Labute approximate surface area is 164 Å². The Morgan fingerprint density at radius 3 is 2.64 bits per heavy atom. The lowest BCUT2D eigenvalue weighted by atomic mass is 9.89. The number of aryl methyl sites for hydroxylation is 3. The molecular weight excluding hydrogens is 358 g/mol. The Hall–Kier alpha value is -2.96. The van der Waals surface area contributed by atoms with Crippen molar-refractivity contribution in [3.63, 3.8) is 0 Å². The molecule has 0 bridgehead atoms. The third-order valence-corrected chi connectivity index (χ3v) is 4.94. The first-order chi connectivity index (χ1) is 13.5. The minimum absolute atomic E-state index is 0.0311.